The van der Waals surface area contributed by atoms with Gasteiger partial charge in [-0.1, -0.05) is 45.4 Å². The lowest BCUT2D eigenvalue weighted by Crippen LogP contribution is -2.37. The van der Waals surface area contributed by atoms with Crippen LogP contribution >= 0.6 is 0 Å². The summed E-state index contributed by atoms with van der Waals surface area (Å²) in [6, 6.07) is 13.1. The van der Waals surface area contributed by atoms with E-state index in [0.29, 0.717) is 0 Å². The van der Waals surface area contributed by atoms with Crippen LogP contribution < -0.4 is 4.57 Å². The van der Waals surface area contributed by atoms with E-state index in [1.165, 1.54) is 41.8 Å². The maximum atomic E-state index is 2.41. The van der Waals surface area contributed by atoms with Crippen molar-refractivity contribution in [3.8, 4) is 5.69 Å². The number of nitrogens with zero attached hydrogens (tertiary/aromatic N) is 1. The summed E-state index contributed by atoms with van der Waals surface area (Å²) >= 11 is 0. The molecule has 0 fully saturated rings. The van der Waals surface area contributed by atoms with Gasteiger partial charge in [0.15, 0.2) is 11.9 Å². The minimum absolute atomic E-state index is 1.09. The maximum absolute atomic E-state index is 2.41. The molecule has 1 nitrogen and oxygen atoms in total. The van der Waals surface area contributed by atoms with Crippen molar-refractivity contribution in [2.24, 2.45) is 0 Å². The molecule has 2 aromatic rings. The number of rotatable bonds is 6. The molecule has 2 rings (SSSR count). The van der Waals surface area contributed by atoms with Gasteiger partial charge in [0.1, 0.15) is 0 Å². The molecule has 0 unspecified atom stereocenters. The third kappa shape index (κ3) is 3.27. The minimum Gasteiger partial charge on any atom is -0.164 e. The van der Waals surface area contributed by atoms with Crippen molar-refractivity contribution in [2.45, 2.75) is 52.9 Å². The smallest absolute Gasteiger partial charge is 0.164 e. The number of aryl methyl sites for hydroxylation is 2. The Morgan fingerprint density at radius 3 is 2.30 bits per heavy atom. The van der Waals surface area contributed by atoms with Crippen LogP contribution in [0.5, 0.6) is 0 Å². The second-order valence-corrected chi connectivity index (χ2v) is 5.34. The molecule has 1 aromatic heterocycles. The predicted molar refractivity (Wildman–Crippen MR) is 85.3 cm³/mol. The van der Waals surface area contributed by atoms with Gasteiger partial charge < -0.3 is 0 Å². The number of benzene rings is 1. The first-order valence-corrected chi connectivity index (χ1v) is 7.91. The summed E-state index contributed by atoms with van der Waals surface area (Å²) in [6.07, 6.45) is 8.18. The molecule has 0 atom stereocenters. The fraction of sp³-hybridized carbons (Fsp3) is 0.421. The van der Waals surface area contributed by atoms with Gasteiger partial charge in [0, 0.05) is 29.7 Å². The lowest BCUT2D eigenvalue weighted by molar-refractivity contribution is -0.605. The first-order valence-electron chi connectivity index (χ1n) is 7.91. The summed E-state index contributed by atoms with van der Waals surface area (Å²) in [4.78, 5) is 0. The van der Waals surface area contributed by atoms with E-state index in [1.54, 1.807) is 0 Å². The Bertz CT molecular complexity index is 543. The Balaban J connectivity index is 2.56. The van der Waals surface area contributed by atoms with Gasteiger partial charge >= 0.3 is 0 Å². The fourth-order valence-electron chi connectivity index (χ4n) is 2.69. The van der Waals surface area contributed by atoms with E-state index in [9.17, 15) is 0 Å². The van der Waals surface area contributed by atoms with E-state index >= 15 is 0 Å². The van der Waals surface area contributed by atoms with Crippen molar-refractivity contribution in [1.29, 1.82) is 0 Å². The molecule has 0 saturated heterocycles. The lowest BCUT2D eigenvalue weighted by Gasteiger charge is -2.10. The predicted octanol–water partition coefficient (Wildman–Crippen LogP) is 4.43. The van der Waals surface area contributed by atoms with E-state index in [1.807, 2.05) is 0 Å². The van der Waals surface area contributed by atoms with Gasteiger partial charge in [-0.05, 0) is 25.3 Å². The van der Waals surface area contributed by atoms with Crippen LogP contribution in [0.3, 0.4) is 0 Å². The van der Waals surface area contributed by atoms with E-state index in [2.05, 4.69) is 67.9 Å². The molecule has 0 bridgehead atoms. The van der Waals surface area contributed by atoms with Crippen LogP contribution in [0.25, 0.3) is 5.69 Å². The molecular weight excluding hydrogens is 242 g/mol. The van der Waals surface area contributed by atoms with Crippen molar-refractivity contribution in [1.82, 2.24) is 0 Å². The van der Waals surface area contributed by atoms with Gasteiger partial charge in [0.25, 0.3) is 0 Å². The third-order valence-electron chi connectivity index (χ3n) is 3.91. The summed E-state index contributed by atoms with van der Waals surface area (Å²) in [5.41, 5.74) is 5.69. The van der Waals surface area contributed by atoms with Gasteiger partial charge in [-0.2, -0.15) is 4.57 Å². The summed E-state index contributed by atoms with van der Waals surface area (Å²) in [5, 5.41) is 0. The molecule has 1 heteroatoms. The van der Waals surface area contributed by atoms with Gasteiger partial charge in [0.05, 0.1) is 0 Å². The van der Waals surface area contributed by atoms with Gasteiger partial charge in [-0.25, -0.2) is 0 Å². The summed E-state index contributed by atoms with van der Waals surface area (Å²) in [6.45, 7) is 6.76. The molecule has 0 aliphatic rings. The molecule has 0 N–H and O–H groups in total. The molecular formula is C19H26N+. The molecule has 0 radical (unpaired) electrons. The Morgan fingerprint density at radius 2 is 1.70 bits per heavy atom. The highest BCUT2D eigenvalue weighted by Crippen LogP contribution is 2.14. The van der Waals surface area contributed by atoms with Crippen LogP contribution in [0.1, 0.15) is 50.4 Å². The third-order valence-corrected chi connectivity index (χ3v) is 3.91. The number of hydrogen-bond donors (Lipinski definition) is 0. The summed E-state index contributed by atoms with van der Waals surface area (Å²) < 4.78 is 2.41. The molecule has 0 amide bonds. The SMILES string of the molecule is CCCCc1c(CC)cc(CC)c[n+]1-c1ccccc1. The van der Waals surface area contributed by atoms with Crippen LogP contribution in [0.15, 0.2) is 42.6 Å². The zero-order chi connectivity index (χ0) is 14.4. The lowest BCUT2D eigenvalue weighted by atomic mass is 10.0. The molecule has 0 saturated carbocycles. The minimum atomic E-state index is 1.09. The van der Waals surface area contributed by atoms with Crippen LogP contribution in [0.2, 0.25) is 0 Å². The summed E-state index contributed by atoms with van der Waals surface area (Å²) in [5.74, 6) is 0. The second kappa shape index (κ2) is 7.23. The van der Waals surface area contributed by atoms with Crippen LogP contribution in [0.4, 0.5) is 0 Å². The normalized spacial score (nSPS) is 10.8. The van der Waals surface area contributed by atoms with Gasteiger partial charge in [0.2, 0.25) is 5.69 Å². The number of pyridine rings is 1. The van der Waals surface area contributed by atoms with Crippen molar-refractivity contribution >= 4 is 0 Å². The van der Waals surface area contributed by atoms with Crippen molar-refractivity contribution in [3.63, 3.8) is 0 Å². The van der Waals surface area contributed by atoms with Gasteiger partial charge in [-0.3, -0.25) is 0 Å². The summed E-state index contributed by atoms with van der Waals surface area (Å²) in [7, 11) is 0. The Kier molecular flexibility index (Phi) is 5.34. The fourth-order valence-corrected chi connectivity index (χ4v) is 2.69. The highest BCUT2D eigenvalue weighted by Gasteiger charge is 2.18. The highest BCUT2D eigenvalue weighted by molar-refractivity contribution is 5.27. The highest BCUT2D eigenvalue weighted by atomic mass is 15.0. The molecule has 20 heavy (non-hydrogen) atoms. The zero-order valence-electron chi connectivity index (χ0n) is 13.0. The Labute approximate surface area is 123 Å². The maximum Gasteiger partial charge on any atom is 0.210 e. The number of para-hydroxylation sites is 1. The largest absolute Gasteiger partial charge is 0.210 e. The monoisotopic (exact) mass is 268 g/mol. The van der Waals surface area contributed by atoms with Crippen LogP contribution in [-0.2, 0) is 19.3 Å². The molecule has 0 spiro atoms. The molecule has 0 aliphatic carbocycles. The van der Waals surface area contributed by atoms with Gasteiger partial charge in [-0.15, -0.1) is 0 Å². The average Bonchev–Trinajstić information content (AvgIpc) is 2.52. The number of aromatic nitrogens is 1. The Morgan fingerprint density at radius 1 is 0.950 bits per heavy atom. The zero-order valence-corrected chi connectivity index (χ0v) is 13.0. The van der Waals surface area contributed by atoms with Crippen LogP contribution in [0, 0.1) is 0 Å². The van der Waals surface area contributed by atoms with Crippen LogP contribution in [-0.4, -0.2) is 0 Å². The Hall–Kier alpha value is -1.63. The average molecular weight is 268 g/mol. The topological polar surface area (TPSA) is 3.88 Å². The first-order chi connectivity index (χ1) is 9.80. The quantitative estimate of drug-likeness (QED) is 0.682. The van der Waals surface area contributed by atoms with E-state index in [4.69, 9.17) is 0 Å². The van der Waals surface area contributed by atoms with E-state index in [0.717, 1.165) is 12.8 Å². The second-order valence-electron chi connectivity index (χ2n) is 5.34. The first kappa shape index (κ1) is 14.8. The molecule has 1 aromatic carbocycles. The van der Waals surface area contributed by atoms with E-state index in [-0.39, 0.29) is 0 Å². The molecule has 0 aliphatic heterocycles. The van der Waals surface area contributed by atoms with E-state index < -0.39 is 0 Å². The molecule has 1 heterocycles. The number of unbranched alkanes of at least 4 members (excludes halogenated alkanes) is 1. The van der Waals surface area contributed by atoms with Crippen molar-refractivity contribution < 1.29 is 4.57 Å². The standard InChI is InChI=1S/C19H26N/c1-4-7-13-19-17(6-3)14-16(5-2)15-20(19)18-11-9-8-10-12-18/h8-12,14-15H,4-7,13H2,1-3H3/q+1. The van der Waals surface area contributed by atoms with Crippen molar-refractivity contribution in [2.75, 3.05) is 0 Å². The van der Waals surface area contributed by atoms with Crippen molar-refractivity contribution in [3.05, 3.63) is 59.4 Å². The molecule has 106 valence electrons. The number of hydrogen-bond acceptors (Lipinski definition) is 0.